The van der Waals surface area contributed by atoms with Crippen LogP contribution in [0, 0.1) is 0 Å². The quantitative estimate of drug-likeness (QED) is 0.323. The minimum absolute atomic E-state index is 0.126. The fraction of sp³-hybridized carbons (Fsp3) is 0.409. The maximum Gasteiger partial charge on any atom is 0.344 e. The van der Waals surface area contributed by atoms with Crippen molar-refractivity contribution >= 4 is 30.1 Å². The van der Waals surface area contributed by atoms with Crippen LogP contribution in [0.4, 0.5) is 0 Å². The number of phenols is 1. The lowest BCUT2D eigenvalue weighted by Crippen LogP contribution is -2.50. The molecule has 1 N–H and O–H groups in total. The maximum atomic E-state index is 12.3. The first-order valence-corrected chi connectivity index (χ1v) is 11.7. The summed E-state index contributed by atoms with van der Waals surface area (Å²) in [6.07, 6.45) is 0. The second kappa shape index (κ2) is 7.04. The third-order valence-electron chi connectivity index (χ3n) is 5.67. The van der Waals surface area contributed by atoms with Gasteiger partial charge < -0.3 is 13.9 Å². The molecule has 0 fully saturated rings. The molecule has 0 bridgehead atoms. The molecule has 0 amide bonds. The van der Waals surface area contributed by atoms with Gasteiger partial charge in [-0.15, -0.1) is 0 Å². The van der Waals surface area contributed by atoms with Gasteiger partial charge in [0, 0.05) is 16.8 Å². The van der Waals surface area contributed by atoms with Gasteiger partial charge in [-0.05, 0) is 47.0 Å². The number of rotatable bonds is 5. The SMILES string of the molecule is CC(C)[Si](Oc1ccc2c(c1)oc(=O)c1ccc(O)cc12)(C(C)C)C(C)C. The number of fused-ring (bicyclic) bond motifs is 3. The summed E-state index contributed by atoms with van der Waals surface area (Å²) >= 11 is 0. The first-order valence-electron chi connectivity index (χ1n) is 9.55. The monoisotopic (exact) mass is 384 g/mol. The molecule has 1 aromatic heterocycles. The van der Waals surface area contributed by atoms with E-state index in [9.17, 15) is 9.90 Å². The highest BCUT2D eigenvalue weighted by Gasteiger charge is 2.47. The Balaban J connectivity index is 2.17. The second-order valence-electron chi connectivity index (χ2n) is 8.20. The Morgan fingerprint density at radius 1 is 0.852 bits per heavy atom. The van der Waals surface area contributed by atoms with Crippen LogP contribution < -0.4 is 10.1 Å². The minimum atomic E-state index is -2.09. The van der Waals surface area contributed by atoms with Crippen LogP contribution in [-0.2, 0) is 0 Å². The first kappa shape index (κ1) is 19.5. The topological polar surface area (TPSA) is 59.7 Å². The lowest BCUT2D eigenvalue weighted by molar-refractivity contribution is 0.476. The van der Waals surface area contributed by atoms with Crippen molar-refractivity contribution in [1.82, 2.24) is 0 Å². The van der Waals surface area contributed by atoms with Crippen LogP contribution in [-0.4, -0.2) is 13.4 Å². The average molecular weight is 385 g/mol. The Hall–Kier alpha value is -2.27. The molecule has 2 aromatic carbocycles. The number of hydrogen-bond acceptors (Lipinski definition) is 4. The lowest BCUT2D eigenvalue weighted by Gasteiger charge is -2.42. The van der Waals surface area contributed by atoms with Gasteiger partial charge in [-0.1, -0.05) is 41.5 Å². The zero-order valence-electron chi connectivity index (χ0n) is 16.9. The molecule has 0 aliphatic rings. The molecule has 0 atom stereocenters. The van der Waals surface area contributed by atoms with Crippen molar-refractivity contribution in [2.45, 2.75) is 58.2 Å². The molecule has 0 unspecified atom stereocenters. The van der Waals surface area contributed by atoms with E-state index in [1.54, 1.807) is 12.1 Å². The zero-order chi connectivity index (χ0) is 19.9. The van der Waals surface area contributed by atoms with Crippen LogP contribution in [0.3, 0.4) is 0 Å². The van der Waals surface area contributed by atoms with E-state index in [1.807, 2.05) is 18.2 Å². The van der Waals surface area contributed by atoms with Crippen LogP contribution in [0.5, 0.6) is 11.5 Å². The summed E-state index contributed by atoms with van der Waals surface area (Å²) < 4.78 is 12.2. The fourth-order valence-electron chi connectivity index (χ4n) is 4.52. The van der Waals surface area contributed by atoms with Crippen molar-refractivity contribution in [1.29, 1.82) is 0 Å². The summed E-state index contributed by atoms with van der Waals surface area (Å²) in [5, 5.41) is 11.8. The molecule has 4 nitrogen and oxygen atoms in total. The van der Waals surface area contributed by atoms with Gasteiger partial charge in [0.25, 0.3) is 8.32 Å². The van der Waals surface area contributed by atoms with E-state index in [-0.39, 0.29) is 5.75 Å². The standard InChI is InChI=1S/C22H28O4Si/c1-13(2)27(14(3)4,15(5)6)26-17-8-10-18-20-11-16(23)7-9-19(20)22(24)25-21(18)12-17/h7-15,23H,1-6H3. The van der Waals surface area contributed by atoms with Crippen molar-refractivity contribution in [3.8, 4) is 11.5 Å². The highest BCUT2D eigenvalue weighted by molar-refractivity contribution is 6.78. The number of hydrogen-bond donors (Lipinski definition) is 1. The molecule has 0 saturated carbocycles. The summed E-state index contributed by atoms with van der Waals surface area (Å²) in [7, 11) is -2.09. The molecule has 0 radical (unpaired) electrons. The van der Waals surface area contributed by atoms with E-state index < -0.39 is 13.9 Å². The molecule has 0 spiro atoms. The van der Waals surface area contributed by atoms with Crippen LogP contribution in [0.15, 0.2) is 45.6 Å². The Bertz CT molecular complexity index is 1010. The largest absolute Gasteiger partial charge is 0.543 e. The van der Waals surface area contributed by atoms with Gasteiger partial charge in [0.05, 0.1) is 5.39 Å². The van der Waals surface area contributed by atoms with Crippen molar-refractivity contribution in [2.24, 2.45) is 0 Å². The molecule has 5 heteroatoms. The Kier molecular flexibility index (Phi) is 5.08. The van der Waals surface area contributed by atoms with E-state index in [0.717, 1.165) is 11.1 Å². The van der Waals surface area contributed by atoms with Gasteiger partial charge in [0.1, 0.15) is 17.1 Å². The average Bonchev–Trinajstić information content (AvgIpc) is 2.58. The minimum Gasteiger partial charge on any atom is -0.543 e. The van der Waals surface area contributed by atoms with Crippen LogP contribution in [0.2, 0.25) is 16.6 Å². The van der Waals surface area contributed by atoms with E-state index >= 15 is 0 Å². The van der Waals surface area contributed by atoms with Gasteiger partial charge in [0.15, 0.2) is 0 Å². The second-order valence-corrected chi connectivity index (χ2v) is 13.6. The summed E-state index contributed by atoms with van der Waals surface area (Å²) in [6.45, 7) is 13.4. The molecule has 3 aromatic rings. The molecule has 3 rings (SSSR count). The van der Waals surface area contributed by atoms with Crippen LogP contribution in [0.1, 0.15) is 41.5 Å². The summed E-state index contributed by atoms with van der Waals surface area (Å²) in [6, 6.07) is 10.4. The van der Waals surface area contributed by atoms with Crippen molar-refractivity contribution in [2.75, 3.05) is 0 Å². The Morgan fingerprint density at radius 2 is 1.44 bits per heavy atom. The molecular formula is C22H28O4Si. The van der Waals surface area contributed by atoms with Gasteiger partial charge in [-0.2, -0.15) is 0 Å². The maximum absolute atomic E-state index is 12.3. The van der Waals surface area contributed by atoms with Gasteiger partial charge in [-0.25, -0.2) is 4.79 Å². The van der Waals surface area contributed by atoms with Crippen LogP contribution >= 0.6 is 0 Å². The fourth-order valence-corrected chi connectivity index (χ4v) is 9.76. The Labute approximate surface area is 160 Å². The number of phenolic OH excluding ortho intramolecular Hbond substituents is 1. The normalized spacial score (nSPS) is 12.6. The van der Waals surface area contributed by atoms with E-state index in [2.05, 4.69) is 41.5 Å². The Morgan fingerprint density at radius 3 is 2.04 bits per heavy atom. The highest BCUT2D eigenvalue weighted by Crippen LogP contribution is 2.43. The number of aromatic hydroxyl groups is 1. The summed E-state index contributed by atoms with van der Waals surface area (Å²) in [5.74, 6) is 0.869. The molecule has 0 aliphatic heterocycles. The van der Waals surface area contributed by atoms with Gasteiger partial charge in [0.2, 0.25) is 0 Å². The highest BCUT2D eigenvalue weighted by atomic mass is 28.4. The van der Waals surface area contributed by atoms with E-state index in [0.29, 0.717) is 33.0 Å². The smallest absolute Gasteiger partial charge is 0.344 e. The van der Waals surface area contributed by atoms with Crippen molar-refractivity contribution < 1.29 is 13.9 Å². The summed E-state index contributed by atoms with van der Waals surface area (Å²) in [4.78, 5) is 12.3. The predicted molar refractivity (Wildman–Crippen MR) is 113 cm³/mol. The first-order chi connectivity index (χ1) is 12.7. The van der Waals surface area contributed by atoms with Crippen LogP contribution in [0.25, 0.3) is 21.7 Å². The number of benzene rings is 2. The van der Waals surface area contributed by atoms with Gasteiger partial charge in [-0.3, -0.25) is 0 Å². The molecule has 27 heavy (non-hydrogen) atoms. The van der Waals surface area contributed by atoms with Crippen molar-refractivity contribution in [3.63, 3.8) is 0 Å². The molecule has 0 aliphatic carbocycles. The third-order valence-corrected chi connectivity index (χ3v) is 11.7. The molecule has 1 heterocycles. The van der Waals surface area contributed by atoms with E-state index in [1.165, 1.54) is 6.07 Å². The van der Waals surface area contributed by atoms with E-state index in [4.69, 9.17) is 8.84 Å². The summed E-state index contributed by atoms with van der Waals surface area (Å²) in [5.41, 5.74) is 1.43. The van der Waals surface area contributed by atoms with Crippen molar-refractivity contribution in [3.05, 3.63) is 46.8 Å². The molecule has 0 saturated heterocycles. The lowest BCUT2D eigenvalue weighted by atomic mass is 10.1. The molecule has 144 valence electrons. The third kappa shape index (κ3) is 3.25. The predicted octanol–water partition coefficient (Wildman–Crippen LogP) is 6.21. The molecular weight excluding hydrogens is 356 g/mol. The zero-order valence-corrected chi connectivity index (χ0v) is 17.9. The van der Waals surface area contributed by atoms with Gasteiger partial charge >= 0.3 is 5.63 Å².